The number of nitrogens with two attached hydrogens (primary N) is 1. The predicted molar refractivity (Wildman–Crippen MR) is 54.5 cm³/mol. The zero-order valence-corrected chi connectivity index (χ0v) is 8.68. The summed E-state index contributed by atoms with van der Waals surface area (Å²) in [6, 6.07) is -0.855. The highest BCUT2D eigenvalue weighted by Gasteiger charge is 2.28. The van der Waals surface area contributed by atoms with Gasteiger partial charge in [0.25, 0.3) is 0 Å². The zero-order chi connectivity index (χ0) is 11.0. The first-order valence-corrected chi connectivity index (χ1v) is 5.08. The number of aromatic nitrogens is 2. The van der Waals surface area contributed by atoms with Gasteiger partial charge in [0.05, 0.1) is 5.69 Å². The van der Waals surface area contributed by atoms with Crippen LogP contribution < -0.4 is 5.73 Å². The number of aryl methyl sites for hydroxylation is 1. The Kier molecular flexibility index (Phi) is 2.48. The van der Waals surface area contributed by atoms with Crippen molar-refractivity contribution in [2.24, 2.45) is 12.8 Å². The summed E-state index contributed by atoms with van der Waals surface area (Å²) in [4.78, 5) is 15.0. The Morgan fingerprint density at radius 2 is 2.47 bits per heavy atom. The fourth-order valence-electron chi connectivity index (χ4n) is 1.68. The summed E-state index contributed by atoms with van der Waals surface area (Å²) in [5.41, 5.74) is 6.22. The summed E-state index contributed by atoms with van der Waals surface area (Å²) in [7, 11) is 1.94. The molecule has 0 saturated heterocycles. The molecule has 3 N–H and O–H groups in total. The maximum Gasteiger partial charge on any atom is 0.320 e. The highest BCUT2D eigenvalue weighted by molar-refractivity contribution is 5.73. The third-order valence-electron chi connectivity index (χ3n) is 2.65. The molecule has 15 heavy (non-hydrogen) atoms. The summed E-state index contributed by atoms with van der Waals surface area (Å²) < 4.78 is 1.97. The van der Waals surface area contributed by atoms with Gasteiger partial charge in [-0.2, -0.15) is 0 Å². The minimum Gasteiger partial charge on any atom is -0.480 e. The van der Waals surface area contributed by atoms with Crippen molar-refractivity contribution in [3.8, 4) is 0 Å². The first kappa shape index (κ1) is 10.2. The van der Waals surface area contributed by atoms with E-state index in [4.69, 9.17) is 10.8 Å². The fraction of sp³-hybridized carbons (Fsp3) is 0.600. The van der Waals surface area contributed by atoms with Crippen LogP contribution in [0.4, 0.5) is 0 Å². The van der Waals surface area contributed by atoms with Crippen LogP contribution in [0.2, 0.25) is 0 Å². The molecule has 0 unspecified atom stereocenters. The van der Waals surface area contributed by atoms with Crippen LogP contribution in [0.15, 0.2) is 6.20 Å². The molecule has 0 bridgehead atoms. The maximum absolute atomic E-state index is 10.6. The summed E-state index contributed by atoms with van der Waals surface area (Å²) in [5.74, 6) is 0.654. The second-order valence-electron chi connectivity index (χ2n) is 4.12. The van der Waals surface area contributed by atoms with Crippen LogP contribution in [0, 0.1) is 0 Å². The van der Waals surface area contributed by atoms with Gasteiger partial charge in [0.15, 0.2) is 0 Å². The lowest BCUT2D eigenvalue weighted by Gasteiger charge is -2.01. The van der Waals surface area contributed by atoms with Gasteiger partial charge in [-0.25, -0.2) is 4.98 Å². The van der Waals surface area contributed by atoms with E-state index in [1.54, 1.807) is 0 Å². The monoisotopic (exact) mass is 209 g/mol. The SMILES string of the molecule is Cn1cc(C[C@H](N)C(=O)O)nc1C1CC1. The Balaban J connectivity index is 2.08. The zero-order valence-electron chi connectivity index (χ0n) is 8.68. The van der Waals surface area contributed by atoms with Crippen LogP contribution in [0.3, 0.4) is 0 Å². The first-order valence-electron chi connectivity index (χ1n) is 5.08. The molecule has 1 aliphatic rings. The van der Waals surface area contributed by atoms with Crippen molar-refractivity contribution in [3.05, 3.63) is 17.7 Å². The number of aliphatic carboxylic acids is 1. The minimum atomic E-state index is -0.978. The van der Waals surface area contributed by atoms with Crippen molar-refractivity contribution in [1.82, 2.24) is 9.55 Å². The van der Waals surface area contributed by atoms with Crippen LogP contribution in [0.5, 0.6) is 0 Å². The van der Waals surface area contributed by atoms with E-state index in [0.29, 0.717) is 12.3 Å². The molecule has 0 aromatic carbocycles. The average molecular weight is 209 g/mol. The Labute approximate surface area is 87.9 Å². The van der Waals surface area contributed by atoms with E-state index in [9.17, 15) is 4.79 Å². The molecule has 0 radical (unpaired) electrons. The average Bonchev–Trinajstić information content (AvgIpc) is 2.92. The maximum atomic E-state index is 10.6. The molecule has 1 aliphatic carbocycles. The Morgan fingerprint density at radius 1 is 1.80 bits per heavy atom. The van der Waals surface area contributed by atoms with Gasteiger partial charge in [-0.1, -0.05) is 0 Å². The Bertz CT molecular complexity index is 382. The van der Waals surface area contributed by atoms with Crippen LogP contribution in [0.1, 0.15) is 30.3 Å². The lowest BCUT2D eigenvalue weighted by molar-refractivity contribution is -0.138. The number of hydrogen-bond donors (Lipinski definition) is 2. The molecule has 1 saturated carbocycles. The fourth-order valence-corrected chi connectivity index (χ4v) is 1.68. The van der Waals surface area contributed by atoms with E-state index in [1.165, 1.54) is 12.8 Å². The van der Waals surface area contributed by atoms with Gasteiger partial charge in [-0.15, -0.1) is 0 Å². The van der Waals surface area contributed by atoms with E-state index < -0.39 is 12.0 Å². The van der Waals surface area contributed by atoms with Gasteiger partial charge >= 0.3 is 5.97 Å². The summed E-state index contributed by atoms with van der Waals surface area (Å²) in [6.07, 6.45) is 4.55. The second-order valence-corrected chi connectivity index (χ2v) is 4.12. The Hall–Kier alpha value is -1.36. The number of rotatable bonds is 4. The molecule has 1 heterocycles. The van der Waals surface area contributed by atoms with Crippen molar-refractivity contribution in [2.75, 3.05) is 0 Å². The molecule has 0 amide bonds. The summed E-state index contributed by atoms with van der Waals surface area (Å²) in [5, 5.41) is 8.68. The summed E-state index contributed by atoms with van der Waals surface area (Å²) >= 11 is 0. The van der Waals surface area contributed by atoms with E-state index >= 15 is 0 Å². The summed E-state index contributed by atoms with van der Waals surface area (Å²) in [6.45, 7) is 0. The van der Waals surface area contributed by atoms with Crippen LogP contribution in [-0.4, -0.2) is 26.7 Å². The smallest absolute Gasteiger partial charge is 0.320 e. The van der Waals surface area contributed by atoms with Gasteiger partial charge in [0, 0.05) is 25.6 Å². The molecule has 5 heteroatoms. The molecule has 2 rings (SSSR count). The molecular weight excluding hydrogens is 194 g/mol. The van der Waals surface area contributed by atoms with Crippen molar-refractivity contribution in [3.63, 3.8) is 0 Å². The highest BCUT2D eigenvalue weighted by Crippen LogP contribution is 2.39. The molecule has 1 aromatic rings. The second kappa shape index (κ2) is 3.66. The Morgan fingerprint density at radius 3 is 3.00 bits per heavy atom. The number of carboxylic acid groups (broad SMARTS) is 1. The van der Waals surface area contributed by atoms with Crippen LogP contribution in [-0.2, 0) is 18.3 Å². The molecule has 0 spiro atoms. The van der Waals surface area contributed by atoms with E-state index in [1.807, 2.05) is 17.8 Å². The van der Waals surface area contributed by atoms with Crippen LogP contribution >= 0.6 is 0 Å². The topological polar surface area (TPSA) is 81.1 Å². The van der Waals surface area contributed by atoms with E-state index in [2.05, 4.69) is 4.98 Å². The molecular formula is C10H15N3O2. The van der Waals surface area contributed by atoms with E-state index in [-0.39, 0.29) is 0 Å². The number of carboxylic acids is 1. The van der Waals surface area contributed by atoms with E-state index in [0.717, 1.165) is 11.5 Å². The normalized spacial score (nSPS) is 17.7. The standard InChI is InChI=1S/C10H15N3O2/c1-13-5-7(4-8(11)10(14)15)12-9(13)6-2-3-6/h5-6,8H,2-4,11H2,1H3,(H,14,15)/t8-/m0/s1. The molecule has 5 nitrogen and oxygen atoms in total. The molecule has 0 aliphatic heterocycles. The minimum absolute atomic E-state index is 0.301. The third kappa shape index (κ3) is 2.18. The van der Waals surface area contributed by atoms with Gasteiger partial charge in [-0.3, -0.25) is 4.79 Å². The van der Waals surface area contributed by atoms with Crippen molar-refractivity contribution < 1.29 is 9.90 Å². The number of carbonyl (C=O) groups is 1. The van der Waals surface area contributed by atoms with Crippen molar-refractivity contribution >= 4 is 5.97 Å². The third-order valence-corrected chi connectivity index (χ3v) is 2.65. The van der Waals surface area contributed by atoms with Crippen molar-refractivity contribution in [2.45, 2.75) is 31.2 Å². The first-order chi connectivity index (χ1) is 7.08. The molecule has 1 aromatic heterocycles. The number of hydrogen-bond acceptors (Lipinski definition) is 3. The molecule has 1 fully saturated rings. The number of imidazole rings is 1. The van der Waals surface area contributed by atoms with Crippen molar-refractivity contribution in [1.29, 1.82) is 0 Å². The molecule has 1 atom stereocenters. The predicted octanol–water partition coefficient (Wildman–Crippen LogP) is 0.252. The largest absolute Gasteiger partial charge is 0.480 e. The lowest BCUT2D eigenvalue weighted by Crippen LogP contribution is -2.32. The quantitative estimate of drug-likeness (QED) is 0.745. The van der Waals surface area contributed by atoms with Gasteiger partial charge in [0.2, 0.25) is 0 Å². The van der Waals surface area contributed by atoms with Gasteiger partial charge < -0.3 is 15.4 Å². The number of nitrogens with zero attached hydrogens (tertiary/aromatic N) is 2. The highest BCUT2D eigenvalue weighted by atomic mass is 16.4. The van der Waals surface area contributed by atoms with Gasteiger partial charge in [0.1, 0.15) is 11.9 Å². The molecule has 82 valence electrons. The van der Waals surface area contributed by atoms with Crippen LogP contribution in [0.25, 0.3) is 0 Å². The lowest BCUT2D eigenvalue weighted by atomic mass is 10.2. The van der Waals surface area contributed by atoms with Gasteiger partial charge in [-0.05, 0) is 12.8 Å².